The normalized spacial score (nSPS) is 27.2. The third-order valence-electron chi connectivity index (χ3n) is 5.65. The summed E-state index contributed by atoms with van der Waals surface area (Å²) in [6, 6.07) is 6.66. The van der Waals surface area contributed by atoms with Gasteiger partial charge in [0.2, 0.25) is 5.91 Å². The SMILES string of the molecule is N#CN1[C@H]2CC[C@@H]1[C@H](NC(=O)CCN1CCc3ccc(Cl)cc31)C2. The summed E-state index contributed by atoms with van der Waals surface area (Å²) < 4.78 is 0. The summed E-state index contributed by atoms with van der Waals surface area (Å²) in [5, 5.41) is 13.1. The highest BCUT2D eigenvalue weighted by Gasteiger charge is 2.46. The average molecular weight is 345 g/mol. The number of fused-ring (bicyclic) bond motifs is 3. The number of hydrogen-bond donors (Lipinski definition) is 1. The molecule has 3 aliphatic rings. The van der Waals surface area contributed by atoms with Crippen molar-refractivity contribution in [3.63, 3.8) is 0 Å². The molecule has 1 aromatic rings. The molecule has 1 aromatic carbocycles. The summed E-state index contributed by atoms with van der Waals surface area (Å²) in [6.45, 7) is 1.65. The number of benzene rings is 1. The van der Waals surface area contributed by atoms with E-state index in [1.54, 1.807) is 0 Å². The smallest absolute Gasteiger partial charge is 0.222 e. The molecule has 6 heteroatoms. The van der Waals surface area contributed by atoms with Crippen LogP contribution in [-0.4, -0.2) is 42.0 Å². The van der Waals surface area contributed by atoms with Gasteiger partial charge in [0, 0.05) is 36.3 Å². The maximum atomic E-state index is 12.3. The van der Waals surface area contributed by atoms with Crippen molar-refractivity contribution in [2.45, 2.75) is 50.2 Å². The van der Waals surface area contributed by atoms with Crippen molar-refractivity contribution in [2.24, 2.45) is 0 Å². The third kappa shape index (κ3) is 2.69. The molecule has 0 radical (unpaired) electrons. The number of amides is 1. The number of nitrogens with one attached hydrogen (secondary N) is 1. The van der Waals surface area contributed by atoms with Gasteiger partial charge in [0.05, 0.1) is 12.1 Å². The molecule has 3 heterocycles. The van der Waals surface area contributed by atoms with E-state index in [-0.39, 0.29) is 18.0 Å². The van der Waals surface area contributed by atoms with E-state index in [0.29, 0.717) is 19.0 Å². The molecule has 0 aliphatic carbocycles. The number of anilines is 1. The van der Waals surface area contributed by atoms with Crippen LogP contribution in [0.3, 0.4) is 0 Å². The Morgan fingerprint density at radius 1 is 1.42 bits per heavy atom. The van der Waals surface area contributed by atoms with Crippen molar-refractivity contribution >= 4 is 23.2 Å². The van der Waals surface area contributed by atoms with Crippen LogP contribution in [-0.2, 0) is 11.2 Å². The highest BCUT2D eigenvalue weighted by Crippen LogP contribution is 2.37. The fraction of sp³-hybridized carbons (Fsp3) is 0.556. The van der Waals surface area contributed by atoms with E-state index in [1.807, 2.05) is 17.0 Å². The number of carbonyl (C=O) groups is 1. The first-order valence-corrected chi connectivity index (χ1v) is 9.04. The Morgan fingerprint density at radius 2 is 2.29 bits per heavy atom. The van der Waals surface area contributed by atoms with Gasteiger partial charge in [0.15, 0.2) is 6.19 Å². The minimum absolute atomic E-state index is 0.0842. The lowest BCUT2D eigenvalue weighted by atomic mass is 9.95. The van der Waals surface area contributed by atoms with Gasteiger partial charge in [0.1, 0.15) is 0 Å². The Labute approximate surface area is 147 Å². The molecule has 0 spiro atoms. The molecule has 1 amide bonds. The fourth-order valence-electron chi connectivity index (χ4n) is 4.47. The number of halogens is 1. The van der Waals surface area contributed by atoms with E-state index in [9.17, 15) is 10.1 Å². The van der Waals surface area contributed by atoms with Gasteiger partial charge < -0.3 is 15.1 Å². The summed E-state index contributed by atoms with van der Waals surface area (Å²) >= 11 is 6.09. The predicted octanol–water partition coefficient (Wildman–Crippen LogP) is 2.30. The van der Waals surface area contributed by atoms with Crippen molar-refractivity contribution in [2.75, 3.05) is 18.0 Å². The van der Waals surface area contributed by atoms with Crippen LogP contribution >= 0.6 is 11.6 Å². The molecule has 3 aliphatic heterocycles. The third-order valence-corrected chi connectivity index (χ3v) is 5.88. The number of hydrogen-bond acceptors (Lipinski definition) is 4. The lowest BCUT2D eigenvalue weighted by Crippen LogP contribution is -2.44. The van der Waals surface area contributed by atoms with Crippen LogP contribution in [0.4, 0.5) is 5.69 Å². The van der Waals surface area contributed by atoms with Crippen LogP contribution in [0.5, 0.6) is 0 Å². The van der Waals surface area contributed by atoms with Gasteiger partial charge in [-0.05, 0) is 43.4 Å². The Morgan fingerprint density at radius 3 is 3.08 bits per heavy atom. The second-order valence-electron chi connectivity index (χ2n) is 6.98. The lowest BCUT2D eigenvalue weighted by molar-refractivity contribution is -0.121. The van der Waals surface area contributed by atoms with E-state index < -0.39 is 0 Å². The fourth-order valence-corrected chi connectivity index (χ4v) is 4.63. The van der Waals surface area contributed by atoms with Gasteiger partial charge in [-0.1, -0.05) is 17.7 Å². The zero-order valence-corrected chi connectivity index (χ0v) is 14.3. The van der Waals surface area contributed by atoms with Crippen LogP contribution in [0.1, 0.15) is 31.2 Å². The van der Waals surface area contributed by atoms with Gasteiger partial charge in [-0.3, -0.25) is 4.79 Å². The Balaban J connectivity index is 1.31. The summed E-state index contributed by atoms with van der Waals surface area (Å²) in [4.78, 5) is 16.5. The van der Waals surface area contributed by atoms with Gasteiger partial charge in [-0.2, -0.15) is 5.26 Å². The molecule has 0 unspecified atom stereocenters. The zero-order valence-electron chi connectivity index (χ0n) is 13.5. The van der Waals surface area contributed by atoms with Crippen LogP contribution in [0.2, 0.25) is 5.02 Å². The molecular formula is C18H21ClN4O. The summed E-state index contributed by atoms with van der Waals surface area (Å²) in [7, 11) is 0. The second-order valence-corrected chi connectivity index (χ2v) is 7.41. The van der Waals surface area contributed by atoms with Crippen molar-refractivity contribution in [3.8, 4) is 6.19 Å². The number of nitriles is 1. The lowest BCUT2D eigenvalue weighted by Gasteiger charge is -2.23. The summed E-state index contributed by atoms with van der Waals surface area (Å²) in [5.74, 6) is 0.0842. The summed E-state index contributed by atoms with van der Waals surface area (Å²) in [5.41, 5.74) is 2.46. The van der Waals surface area contributed by atoms with Crippen molar-refractivity contribution in [1.29, 1.82) is 5.26 Å². The van der Waals surface area contributed by atoms with E-state index in [4.69, 9.17) is 11.6 Å². The van der Waals surface area contributed by atoms with E-state index in [0.717, 1.165) is 42.9 Å². The van der Waals surface area contributed by atoms with Gasteiger partial charge in [0.25, 0.3) is 0 Å². The number of carbonyl (C=O) groups excluding carboxylic acids is 1. The van der Waals surface area contributed by atoms with Crippen LogP contribution < -0.4 is 10.2 Å². The highest BCUT2D eigenvalue weighted by atomic mass is 35.5. The molecule has 5 nitrogen and oxygen atoms in total. The molecular weight excluding hydrogens is 324 g/mol. The molecule has 3 atom stereocenters. The van der Waals surface area contributed by atoms with Crippen LogP contribution in [0.15, 0.2) is 18.2 Å². The maximum Gasteiger partial charge on any atom is 0.222 e. The van der Waals surface area contributed by atoms with Crippen LogP contribution in [0.25, 0.3) is 0 Å². The maximum absolute atomic E-state index is 12.3. The first-order valence-electron chi connectivity index (χ1n) is 8.66. The van der Waals surface area contributed by atoms with E-state index >= 15 is 0 Å². The predicted molar refractivity (Wildman–Crippen MR) is 92.8 cm³/mol. The second kappa shape index (κ2) is 6.18. The molecule has 2 saturated heterocycles. The van der Waals surface area contributed by atoms with Gasteiger partial charge in [-0.25, -0.2) is 0 Å². The zero-order chi connectivity index (χ0) is 16.7. The largest absolute Gasteiger partial charge is 0.370 e. The number of rotatable bonds is 4. The van der Waals surface area contributed by atoms with Gasteiger partial charge >= 0.3 is 0 Å². The highest BCUT2D eigenvalue weighted by molar-refractivity contribution is 6.30. The molecule has 0 saturated carbocycles. The molecule has 126 valence electrons. The quantitative estimate of drug-likeness (QED) is 0.851. The Hall–Kier alpha value is -1.93. The number of nitrogens with zero attached hydrogens (tertiary/aromatic N) is 3. The molecule has 2 fully saturated rings. The molecule has 4 rings (SSSR count). The van der Waals surface area contributed by atoms with Crippen molar-refractivity contribution in [3.05, 3.63) is 28.8 Å². The van der Waals surface area contributed by atoms with E-state index in [1.165, 1.54) is 5.56 Å². The Kier molecular flexibility index (Phi) is 4.01. The van der Waals surface area contributed by atoms with Gasteiger partial charge in [-0.15, -0.1) is 0 Å². The van der Waals surface area contributed by atoms with Crippen LogP contribution in [0, 0.1) is 11.5 Å². The minimum Gasteiger partial charge on any atom is -0.370 e. The minimum atomic E-state index is 0.0842. The summed E-state index contributed by atoms with van der Waals surface area (Å²) in [6.07, 6.45) is 6.78. The molecule has 2 bridgehead atoms. The molecule has 1 N–H and O–H groups in total. The first-order chi connectivity index (χ1) is 11.7. The molecule has 24 heavy (non-hydrogen) atoms. The molecule has 0 aromatic heterocycles. The monoisotopic (exact) mass is 344 g/mol. The van der Waals surface area contributed by atoms with Crippen molar-refractivity contribution in [1.82, 2.24) is 10.2 Å². The van der Waals surface area contributed by atoms with E-state index in [2.05, 4.69) is 22.5 Å². The Bertz CT molecular complexity index is 701. The standard InChI is InChI=1S/C18H21ClN4O/c19-13-2-1-12-5-7-22(17(12)9-13)8-6-18(24)21-15-10-14-3-4-16(15)23(14)11-20/h1-2,9,14-16H,3-8,10H2,(H,21,24)/t14-,15+,16+/m0/s1. The first kappa shape index (κ1) is 15.6. The average Bonchev–Trinajstić information content (AvgIpc) is 3.24. The topological polar surface area (TPSA) is 59.4 Å². The van der Waals surface area contributed by atoms with Crippen molar-refractivity contribution < 1.29 is 4.79 Å².